The van der Waals surface area contributed by atoms with Crippen LogP contribution in [0, 0.1) is 13.8 Å². The Bertz CT molecular complexity index is 3290. The lowest BCUT2D eigenvalue weighted by Crippen LogP contribution is -2.00. The van der Waals surface area contributed by atoms with Crippen molar-refractivity contribution in [3.63, 3.8) is 0 Å². The highest BCUT2D eigenvalue weighted by molar-refractivity contribution is 6.13. The third-order valence-corrected chi connectivity index (χ3v) is 12.0. The van der Waals surface area contributed by atoms with Gasteiger partial charge in [0.05, 0.1) is 27.8 Å². The van der Waals surface area contributed by atoms with Gasteiger partial charge in [-0.15, -0.1) is 0 Å². The molecule has 2 aromatic heterocycles. The van der Waals surface area contributed by atoms with Crippen molar-refractivity contribution in [3.05, 3.63) is 217 Å². The molecule has 0 atom stereocenters. The maximum atomic E-state index is 2.49. The largest absolute Gasteiger partial charge is 0.309 e. The molecular formula is C56H40N2. The van der Waals surface area contributed by atoms with Crippen molar-refractivity contribution >= 4 is 43.6 Å². The predicted molar refractivity (Wildman–Crippen MR) is 246 cm³/mol. The van der Waals surface area contributed by atoms with E-state index in [1.807, 2.05) is 0 Å². The van der Waals surface area contributed by atoms with E-state index in [2.05, 4.69) is 229 Å². The minimum atomic E-state index is 1.17. The highest BCUT2D eigenvalue weighted by Gasteiger charge is 2.21. The summed E-state index contributed by atoms with van der Waals surface area (Å²) in [4.78, 5) is 0. The van der Waals surface area contributed by atoms with E-state index in [-0.39, 0.29) is 0 Å². The summed E-state index contributed by atoms with van der Waals surface area (Å²) in [7, 11) is 0. The first-order valence-electron chi connectivity index (χ1n) is 20.1. The SMILES string of the molecule is Cc1ccccc1-c1cc(-n2c3ccccc3c3cc(-c4ccc5c(c4)c4ccccc4n5-c4c(-c5ccccc5)cccc4-c4ccccc4)ccc32)ccc1C. The number of hydrogen-bond donors (Lipinski definition) is 0. The molecule has 11 rings (SSSR count). The van der Waals surface area contributed by atoms with E-state index in [1.54, 1.807) is 0 Å². The van der Waals surface area contributed by atoms with E-state index in [4.69, 9.17) is 0 Å². The molecule has 0 N–H and O–H groups in total. The van der Waals surface area contributed by atoms with Crippen molar-refractivity contribution in [2.75, 3.05) is 0 Å². The van der Waals surface area contributed by atoms with Crippen molar-refractivity contribution in [2.45, 2.75) is 13.8 Å². The molecule has 0 spiro atoms. The van der Waals surface area contributed by atoms with Gasteiger partial charge in [0.2, 0.25) is 0 Å². The molecule has 0 radical (unpaired) electrons. The lowest BCUT2D eigenvalue weighted by Gasteiger charge is -2.19. The third kappa shape index (κ3) is 5.41. The van der Waals surface area contributed by atoms with Gasteiger partial charge in [0.15, 0.2) is 0 Å². The van der Waals surface area contributed by atoms with Crippen LogP contribution >= 0.6 is 0 Å². The number of para-hydroxylation sites is 3. The van der Waals surface area contributed by atoms with Crippen LogP contribution in [0.5, 0.6) is 0 Å². The minimum absolute atomic E-state index is 1.17. The van der Waals surface area contributed by atoms with Gasteiger partial charge in [-0.1, -0.05) is 158 Å². The summed E-state index contributed by atoms with van der Waals surface area (Å²) in [6, 6.07) is 75.6. The van der Waals surface area contributed by atoms with Crippen LogP contribution in [0.1, 0.15) is 11.1 Å². The summed E-state index contributed by atoms with van der Waals surface area (Å²) in [5, 5.41) is 4.97. The van der Waals surface area contributed by atoms with Crippen LogP contribution in [0.15, 0.2) is 206 Å². The lowest BCUT2D eigenvalue weighted by atomic mass is 9.95. The van der Waals surface area contributed by atoms with Gasteiger partial charge in [-0.2, -0.15) is 0 Å². The Morgan fingerprint density at radius 3 is 1.34 bits per heavy atom. The summed E-state index contributed by atoms with van der Waals surface area (Å²) >= 11 is 0. The van der Waals surface area contributed by atoms with Gasteiger partial charge in [0.25, 0.3) is 0 Å². The molecule has 0 saturated heterocycles. The molecule has 0 aliphatic heterocycles. The second kappa shape index (κ2) is 13.7. The van der Waals surface area contributed by atoms with Gasteiger partial charge in [0.1, 0.15) is 0 Å². The summed E-state index contributed by atoms with van der Waals surface area (Å²) in [5.74, 6) is 0. The zero-order valence-corrected chi connectivity index (χ0v) is 32.5. The molecule has 0 aliphatic rings. The Balaban J connectivity index is 1.10. The first kappa shape index (κ1) is 33.9. The van der Waals surface area contributed by atoms with Gasteiger partial charge in [-0.25, -0.2) is 0 Å². The van der Waals surface area contributed by atoms with Gasteiger partial charge in [0, 0.05) is 38.4 Å². The molecule has 2 nitrogen and oxygen atoms in total. The Morgan fingerprint density at radius 2 is 0.741 bits per heavy atom. The van der Waals surface area contributed by atoms with Crippen LogP contribution in [-0.2, 0) is 0 Å². The molecule has 0 saturated carbocycles. The van der Waals surface area contributed by atoms with Crippen molar-refractivity contribution in [3.8, 4) is 55.9 Å². The average molecular weight is 741 g/mol. The van der Waals surface area contributed by atoms with E-state index < -0.39 is 0 Å². The van der Waals surface area contributed by atoms with Crippen molar-refractivity contribution < 1.29 is 0 Å². The second-order valence-electron chi connectivity index (χ2n) is 15.4. The minimum Gasteiger partial charge on any atom is -0.309 e. The summed E-state index contributed by atoms with van der Waals surface area (Å²) in [5.41, 5.74) is 19.5. The van der Waals surface area contributed by atoms with Crippen LogP contribution in [0.25, 0.3) is 99.5 Å². The molecule has 0 amide bonds. The van der Waals surface area contributed by atoms with Gasteiger partial charge in [-0.3, -0.25) is 0 Å². The number of benzene rings is 9. The van der Waals surface area contributed by atoms with Gasteiger partial charge >= 0.3 is 0 Å². The Morgan fingerprint density at radius 1 is 0.276 bits per heavy atom. The van der Waals surface area contributed by atoms with E-state index in [0.717, 1.165) is 0 Å². The molecule has 0 fully saturated rings. The fraction of sp³-hybridized carbons (Fsp3) is 0.0357. The monoisotopic (exact) mass is 740 g/mol. The van der Waals surface area contributed by atoms with Gasteiger partial charge in [-0.05, 0) is 107 Å². The van der Waals surface area contributed by atoms with E-state index in [0.29, 0.717) is 0 Å². The molecule has 0 unspecified atom stereocenters. The zero-order chi connectivity index (χ0) is 38.7. The van der Waals surface area contributed by atoms with Crippen LogP contribution in [-0.4, -0.2) is 9.13 Å². The highest BCUT2D eigenvalue weighted by atomic mass is 15.0. The Kier molecular flexibility index (Phi) is 7.97. The Hall–Kier alpha value is -7.42. The smallest absolute Gasteiger partial charge is 0.0618 e. The lowest BCUT2D eigenvalue weighted by molar-refractivity contribution is 1.17. The first-order valence-corrected chi connectivity index (χ1v) is 20.1. The number of aryl methyl sites for hydroxylation is 2. The normalized spacial score (nSPS) is 11.6. The van der Waals surface area contributed by atoms with Crippen LogP contribution < -0.4 is 0 Å². The molecule has 11 aromatic rings. The summed E-state index contributed by atoms with van der Waals surface area (Å²) < 4.78 is 4.92. The first-order chi connectivity index (χ1) is 28.6. The molecule has 274 valence electrons. The van der Waals surface area contributed by atoms with Gasteiger partial charge < -0.3 is 9.13 Å². The molecular weight excluding hydrogens is 701 g/mol. The van der Waals surface area contributed by atoms with Crippen LogP contribution in [0.2, 0.25) is 0 Å². The molecule has 9 aromatic carbocycles. The molecule has 2 heteroatoms. The molecule has 0 aliphatic carbocycles. The van der Waals surface area contributed by atoms with Crippen molar-refractivity contribution in [1.82, 2.24) is 9.13 Å². The van der Waals surface area contributed by atoms with E-state index in [1.165, 1.54) is 111 Å². The number of hydrogen-bond acceptors (Lipinski definition) is 0. The number of fused-ring (bicyclic) bond motifs is 6. The number of rotatable bonds is 6. The predicted octanol–water partition coefficient (Wildman–Crippen LogP) is 15.2. The zero-order valence-electron chi connectivity index (χ0n) is 32.5. The number of nitrogens with zero attached hydrogens (tertiary/aromatic N) is 2. The van der Waals surface area contributed by atoms with Crippen molar-refractivity contribution in [1.29, 1.82) is 0 Å². The maximum absolute atomic E-state index is 2.49. The standard InChI is InChI=1S/C56H40N2/c1-37-16-9-10-21-44(37)49-36-43(31-28-38(49)2)57-52-26-13-11-22-47(52)50-34-41(29-32-54(50)57)42-30-33-55-51(35-42)48-23-12-14-27-53(48)58(55)56-45(39-17-5-3-6-18-39)24-15-25-46(56)40-19-7-4-8-20-40/h3-36H,1-2H3. The quantitative estimate of drug-likeness (QED) is 0.161. The van der Waals surface area contributed by atoms with Crippen molar-refractivity contribution in [2.24, 2.45) is 0 Å². The van der Waals surface area contributed by atoms with Crippen LogP contribution in [0.3, 0.4) is 0 Å². The maximum Gasteiger partial charge on any atom is 0.0618 e. The molecule has 58 heavy (non-hydrogen) atoms. The molecule has 2 heterocycles. The third-order valence-electron chi connectivity index (χ3n) is 12.0. The fourth-order valence-electron chi connectivity index (χ4n) is 9.22. The fourth-order valence-corrected chi connectivity index (χ4v) is 9.22. The molecule has 0 bridgehead atoms. The second-order valence-corrected chi connectivity index (χ2v) is 15.4. The number of aromatic nitrogens is 2. The average Bonchev–Trinajstić information content (AvgIpc) is 3.79. The van der Waals surface area contributed by atoms with E-state index in [9.17, 15) is 0 Å². The highest BCUT2D eigenvalue weighted by Crippen LogP contribution is 2.43. The summed E-state index contributed by atoms with van der Waals surface area (Å²) in [6.45, 7) is 4.41. The van der Waals surface area contributed by atoms with Crippen LogP contribution in [0.4, 0.5) is 0 Å². The Labute approximate surface area is 338 Å². The summed E-state index contributed by atoms with van der Waals surface area (Å²) in [6.07, 6.45) is 0. The van der Waals surface area contributed by atoms with E-state index >= 15 is 0 Å². The topological polar surface area (TPSA) is 9.86 Å².